The van der Waals surface area contributed by atoms with E-state index in [4.69, 9.17) is 5.73 Å². The molecule has 0 saturated carbocycles. The minimum absolute atomic E-state index is 0.243. The first-order valence-electron chi connectivity index (χ1n) is 4.00. The number of nitrogens with two attached hydrogens (primary N) is 1. The van der Waals surface area contributed by atoms with Crippen LogP contribution >= 0.6 is 0 Å². The first kappa shape index (κ1) is 10.2. The molecule has 0 unspecified atom stereocenters. The molecule has 2 N–H and O–H groups in total. The lowest BCUT2D eigenvalue weighted by atomic mass is 10.3. The quantitative estimate of drug-likeness (QED) is 0.553. The predicted molar refractivity (Wildman–Crippen MR) is 48.3 cm³/mol. The highest BCUT2D eigenvalue weighted by Crippen LogP contribution is 2.01. The molecule has 74 valence electrons. The van der Waals surface area contributed by atoms with Gasteiger partial charge in [-0.25, -0.2) is 0 Å². The van der Waals surface area contributed by atoms with Gasteiger partial charge in [0, 0.05) is 35.4 Å². The third-order valence-corrected chi connectivity index (χ3v) is 3.13. The number of carbonyl (C=O) groups excluding carboxylic acids is 2. The van der Waals surface area contributed by atoms with Crippen LogP contribution in [0.25, 0.3) is 0 Å². The van der Waals surface area contributed by atoms with Gasteiger partial charge in [-0.3, -0.25) is 13.8 Å². The standard InChI is InChI=1S/C7H12N2O3S/c8-6(10)5-7(11)9-1-3-13(12)4-2-9/h1-5H2,(H2,8,10). The Morgan fingerprint density at radius 1 is 1.31 bits per heavy atom. The van der Waals surface area contributed by atoms with Crippen LogP contribution in [-0.4, -0.2) is 45.5 Å². The Bertz CT molecular complexity index is 244. The van der Waals surface area contributed by atoms with Gasteiger partial charge < -0.3 is 10.6 Å². The molecule has 0 radical (unpaired) electrons. The van der Waals surface area contributed by atoms with Crippen LogP contribution < -0.4 is 5.73 Å². The van der Waals surface area contributed by atoms with Crippen LogP contribution in [0.2, 0.25) is 0 Å². The van der Waals surface area contributed by atoms with Crippen molar-refractivity contribution in [1.82, 2.24) is 4.90 Å². The second kappa shape index (κ2) is 4.36. The molecule has 0 aromatic carbocycles. The maximum atomic E-state index is 11.2. The summed E-state index contributed by atoms with van der Waals surface area (Å²) in [6.07, 6.45) is -0.243. The number of hydrogen-bond donors (Lipinski definition) is 1. The van der Waals surface area contributed by atoms with Gasteiger partial charge in [0.1, 0.15) is 6.42 Å². The molecule has 1 rings (SSSR count). The number of carbonyl (C=O) groups is 2. The Balaban J connectivity index is 2.40. The van der Waals surface area contributed by atoms with Crippen molar-refractivity contribution in [2.45, 2.75) is 6.42 Å². The van der Waals surface area contributed by atoms with Gasteiger partial charge in [-0.15, -0.1) is 0 Å². The van der Waals surface area contributed by atoms with E-state index in [9.17, 15) is 13.8 Å². The summed E-state index contributed by atoms with van der Waals surface area (Å²) in [5.41, 5.74) is 4.88. The fourth-order valence-corrected chi connectivity index (χ4v) is 2.20. The predicted octanol–water partition coefficient (Wildman–Crippen LogP) is -1.55. The van der Waals surface area contributed by atoms with Gasteiger partial charge >= 0.3 is 0 Å². The first-order chi connectivity index (χ1) is 6.09. The van der Waals surface area contributed by atoms with E-state index in [1.807, 2.05) is 0 Å². The molecular weight excluding hydrogens is 192 g/mol. The molecule has 6 heteroatoms. The van der Waals surface area contributed by atoms with Crippen LogP contribution in [0.4, 0.5) is 0 Å². The van der Waals surface area contributed by atoms with E-state index in [0.29, 0.717) is 24.6 Å². The highest BCUT2D eigenvalue weighted by Gasteiger charge is 2.20. The minimum atomic E-state index is -0.800. The van der Waals surface area contributed by atoms with E-state index in [2.05, 4.69) is 0 Å². The SMILES string of the molecule is NC(=O)CC(=O)N1CCS(=O)CC1. The minimum Gasteiger partial charge on any atom is -0.369 e. The van der Waals surface area contributed by atoms with E-state index >= 15 is 0 Å². The summed E-state index contributed by atoms with van der Waals surface area (Å²) in [4.78, 5) is 23.2. The largest absolute Gasteiger partial charge is 0.369 e. The van der Waals surface area contributed by atoms with E-state index < -0.39 is 16.7 Å². The number of amides is 2. The smallest absolute Gasteiger partial charge is 0.232 e. The summed E-state index contributed by atoms with van der Waals surface area (Å²) >= 11 is 0. The van der Waals surface area contributed by atoms with Gasteiger partial charge in [0.15, 0.2) is 0 Å². The molecule has 1 aliphatic heterocycles. The van der Waals surface area contributed by atoms with Gasteiger partial charge in [-0.2, -0.15) is 0 Å². The van der Waals surface area contributed by atoms with Gasteiger partial charge in [-0.05, 0) is 0 Å². The van der Waals surface area contributed by atoms with Crippen LogP contribution in [-0.2, 0) is 20.4 Å². The van der Waals surface area contributed by atoms with Gasteiger partial charge in [-0.1, -0.05) is 0 Å². The lowest BCUT2D eigenvalue weighted by Crippen LogP contribution is -2.43. The number of hydrogen-bond acceptors (Lipinski definition) is 3. The molecule has 1 saturated heterocycles. The highest BCUT2D eigenvalue weighted by atomic mass is 32.2. The molecule has 1 heterocycles. The molecule has 1 aliphatic rings. The van der Waals surface area contributed by atoms with Crippen molar-refractivity contribution in [3.8, 4) is 0 Å². The van der Waals surface area contributed by atoms with Crippen molar-refractivity contribution < 1.29 is 13.8 Å². The Labute approximate surface area is 78.7 Å². The molecule has 0 aromatic heterocycles. The second-order valence-electron chi connectivity index (χ2n) is 2.87. The number of rotatable bonds is 2. The molecule has 5 nitrogen and oxygen atoms in total. The Kier molecular flexibility index (Phi) is 3.41. The summed E-state index contributed by atoms with van der Waals surface area (Å²) in [6.45, 7) is 0.942. The molecule has 1 fully saturated rings. The fraction of sp³-hybridized carbons (Fsp3) is 0.714. The van der Waals surface area contributed by atoms with Crippen LogP contribution in [0, 0.1) is 0 Å². The normalized spacial score (nSPS) is 18.6. The summed E-state index contributed by atoms with van der Waals surface area (Å²) in [5.74, 6) is 0.135. The second-order valence-corrected chi connectivity index (χ2v) is 4.57. The maximum Gasteiger partial charge on any atom is 0.232 e. The molecular formula is C7H12N2O3S. The average molecular weight is 204 g/mol. The molecule has 0 atom stereocenters. The fourth-order valence-electron chi connectivity index (χ4n) is 1.15. The summed E-state index contributed by atoms with van der Waals surface area (Å²) in [5, 5.41) is 0. The topological polar surface area (TPSA) is 80.5 Å². The number of primary amides is 1. The Morgan fingerprint density at radius 2 is 1.85 bits per heavy atom. The zero-order valence-corrected chi connectivity index (χ0v) is 8.01. The van der Waals surface area contributed by atoms with Crippen molar-refractivity contribution in [2.24, 2.45) is 5.73 Å². The van der Waals surface area contributed by atoms with Crippen molar-refractivity contribution in [3.63, 3.8) is 0 Å². The van der Waals surface area contributed by atoms with E-state index in [1.54, 1.807) is 0 Å². The third kappa shape index (κ3) is 3.14. The lowest BCUT2D eigenvalue weighted by molar-refractivity contribution is -0.134. The Morgan fingerprint density at radius 3 is 2.31 bits per heavy atom. The van der Waals surface area contributed by atoms with Crippen molar-refractivity contribution >= 4 is 22.6 Å². The molecule has 0 aromatic rings. The first-order valence-corrected chi connectivity index (χ1v) is 5.49. The zero-order valence-electron chi connectivity index (χ0n) is 7.19. The Hall–Kier alpha value is -0.910. The van der Waals surface area contributed by atoms with Crippen LogP contribution in [0.3, 0.4) is 0 Å². The third-order valence-electron chi connectivity index (χ3n) is 1.86. The van der Waals surface area contributed by atoms with Crippen LogP contribution in [0.15, 0.2) is 0 Å². The van der Waals surface area contributed by atoms with Gasteiger partial charge in [0.25, 0.3) is 0 Å². The van der Waals surface area contributed by atoms with Crippen molar-refractivity contribution in [1.29, 1.82) is 0 Å². The summed E-state index contributed by atoms with van der Waals surface area (Å²) < 4.78 is 10.9. The zero-order chi connectivity index (χ0) is 9.84. The molecule has 0 spiro atoms. The molecule has 2 amide bonds. The van der Waals surface area contributed by atoms with Crippen LogP contribution in [0.5, 0.6) is 0 Å². The van der Waals surface area contributed by atoms with E-state index in [-0.39, 0.29) is 12.3 Å². The van der Waals surface area contributed by atoms with Crippen LogP contribution in [0.1, 0.15) is 6.42 Å². The van der Waals surface area contributed by atoms with Gasteiger partial charge in [0.2, 0.25) is 11.8 Å². The monoisotopic (exact) mass is 204 g/mol. The molecule has 0 aliphatic carbocycles. The van der Waals surface area contributed by atoms with Crippen molar-refractivity contribution in [2.75, 3.05) is 24.6 Å². The van der Waals surface area contributed by atoms with E-state index in [1.165, 1.54) is 4.90 Å². The maximum absolute atomic E-state index is 11.2. The highest BCUT2D eigenvalue weighted by molar-refractivity contribution is 7.85. The lowest BCUT2D eigenvalue weighted by Gasteiger charge is -2.25. The average Bonchev–Trinajstić information content (AvgIpc) is 2.04. The van der Waals surface area contributed by atoms with Gasteiger partial charge in [0.05, 0.1) is 0 Å². The molecule has 0 bridgehead atoms. The summed E-state index contributed by atoms with van der Waals surface area (Å²) in [7, 11) is -0.800. The summed E-state index contributed by atoms with van der Waals surface area (Å²) in [6, 6.07) is 0. The van der Waals surface area contributed by atoms with E-state index in [0.717, 1.165) is 0 Å². The molecule has 13 heavy (non-hydrogen) atoms. The number of nitrogens with zero attached hydrogens (tertiary/aromatic N) is 1. The van der Waals surface area contributed by atoms with Crippen molar-refractivity contribution in [3.05, 3.63) is 0 Å².